The van der Waals surface area contributed by atoms with E-state index in [1.54, 1.807) is 36.3 Å². The first-order valence-corrected chi connectivity index (χ1v) is 27.7. The van der Waals surface area contributed by atoms with Crippen LogP contribution in [0.2, 0.25) is 0 Å². The number of rotatable bonds is 10. The Morgan fingerprint density at radius 3 is 0.500 bits per heavy atom. The van der Waals surface area contributed by atoms with Gasteiger partial charge in [0.15, 0.2) is 0 Å². The standard InChI is InChI=1S/2C24H20As.C8H4N4/c2*1-5-13-21(14-6-1)25(22-15-7-2-8-16-22,23-17-9-3-10-18-23)24-19-11-4-12-20-24;9-5-11-7-1-2-8(4-3-7)12-6-10/h2*1-20H;1-4H/q2*+1;-2. The van der Waals surface area contributed by atoms with Gasteiger partial charge < -0.3 is 20.8 Å². The molecule has 6 heteroatoms. The molecule has 0 amide bonds. The van der Waals surface area contributed by atoms with Crippen molar-refractivity contribution in [2.45, 2.75) is 0 Å². The first-order valence-electron chi connectivity index (χ1n) is 20.2. The van der Waals surface area contributed by atoms with Gasteiger partial charge in [0.1, 0.15) is 0 Å². The number of benzene rings is 9. The molecule has 0 fully saturated rings. The van der Waals surface area contributed by atoms with Crippen LogP contribution in [-0.4, -0.2) is 39.1 Å². The molecule has 0 heterocycles. The Balaban J connectivity index is 0.000000149. The van der Waals surface area contributed by atoms with Gasteiger partial charge in [-0.05, 0) is 11.4 Å². The van der Waals surface area contributed by atoms with E-state index < -0.39 is 27.1 Å². The number of hydrogen-bond donors (Lipinski definition) is 0. The molecular formula is C56H44As2N4. The maximum absolute atomic E-state index is 8.20. The fraction of sp³-hybridized carbons (Fsp3) is 0. The molecule has 0 atom stereocenters. The Kier molecular flexibility index (Phi) is 15.2. The SMILES string of the molecule is [N-]=C=Nc1ccc(N=C=[N-])cc1.c1ccc([As+](c2ccccc2)(c2ccccc2)c2ccccc2)cc1.c1ccc([As+](c2ccccc2)(c2ccccc2)c2ccccc2)cc1. The van der Waals surface area contributed by atoms with Gasteiger partial charge in [-0.2, -0.15) is 12.0 Å². The quantitative estimate of drug-likeness (QED) is 0.0976. The third-order valence-corrected chi connectivity index (χ3v) is 28.4. The Morgan fingerprint density at radius 2 is 0.371 bits per heavy atom. The van der Waals surface area contributed by atoms with Crippen LogP contribution in [0, 0.1) is 0 Å². The van der Waals surface area contributed by atoms with Crippen LogP contribution in [0.25, 0.3) is 10.8 Å². The molecule has 0 radical (unpaired) electrons. The van der Waals surface area contributed by atoms with E-state index in [9.17, 15) is 0 Å². The first-order chi connectivity index (χ1) is 30.7. The Bertz CT molecular complexity index is 2270. The summed E-state index contributed by atoms with van der Waals surface area (Å²) in [5, 5.41) is 16.4. The van der Waals surface area contributed by atoms with Crippen LogP contribution >= 0.6 is 0 Å². The molecule has 0 N–H and O–H groups in total. The fourth-order valence-corrected chi connectivity index (χ4v) is 25.6. The number of hydrogen-bond acceptors (Lipinski definition) is 2. The van der Waals surface area contributed by atoms with Gasteiger partial charge in [0.2, 0.25) is 0 Å². The zero-order valence-electron chi connectivity index (χ0n) is 34.1. The molecule has 9 aromatic carbocycles. The van der Waals surface area contributed by atoms with E-state index in [0.29, 0.717) is 11.4 Å². The molecule has 0 aromatic heterocycles. The Morgan fingerprint density at radius 1 is 0.226 bits per heavy atom. The summed E-state index contributed by atoms with van der Waals surface area (Å²) in [4.78, 5) is 6.98. The van der Waals surface area contributed by atoms with Crippen LogP contribution in [0.1, 0.15) is 0 Å². The van der Waals surface area contributed by atoms with Gasteiger partial charge in [0.05, 0.1) is 0 Å². The van der Waals surface area contributed by atoms with Crippen LogP contribution in [0.5, 0.6) is 0 Å². The van der Waals surface area contributed by atoms with Gasteiger partial charge in [-0.1, -0.05) is 24.3 Å². The predicted molar refractivity (Wildman–Crippen MR) is 267 cm³/mol. The molecule has 4 nitrogen and oxygen atoms in total. The van der Waals surface area contributed by atoms with Gasteiger partial charge in [0, 0.05) is 0 Å². The van der Waals surface area contributed by atoms with E-state index in [0.717, 1.165) is 0 Å². The molecule has 298 valence electrons. The van der Waals surface area contributed by atoms with Crippen molar-refractivity contribution in [2.24, 2.45) is 9.98 Å². The summed E-state index contributed by atoms with van der Waals surface area (Å²) in [6, 6.07) is 98.2. The summed E-state index contributed by atoms with van der Waals surface area (Å²) in [7, 11) is 0. The van der Waals surface area contributed by atoms with E-state index >= 15 is 0 Å². The van der Waals surface area contributed by atoms with Gasteiger partial charge >= 0.3 is 305 Å². The molecule has 62 heavy (non-hydrogen) atoms. The average Bonchev–Trinajstić information content (AvgIpc) is 3.36. The van der Waals surface area contributed by atoms with Crippen LogP contribution in [0.4, 0.5) is 11.4 Å². The molecule has 9 aromatic rings. The van der Waals surface area contributed by atoms with E-state index in [1.807, 2.05) is 0 Å². The van der Waals surface area contributed by atoms with E-state index in [-0.39, 0.29) is 0 Å². The van der Waals surface area contributed by atoms with Crippen LogP contribution in [0.3, 0.4) is 0 Å². The normalized spacial score (nSPS) is 10.6. The predicted octanol–water partition coefficient (Wildman–Crippen LogP) is 8.56. The third-order valence-electron chi connectivity index (χ3n) is 10.4. The Labute approximate surface area is 370 Å². The second-order valence-electron chi connectivity index (χ2n) is 14.0. The maximum atomic E-state index is 8.20. The molecule has 0 bridgehead atoms. The van der Waals surface area contributed by atoms with Gasteiger partial charge in [-0.3, -0.25) is 0 Å². The van der Waals surface area contributed by atoms with Gasteiger partial charge in [0.25, 0.3) is 0 Å². The Hall–Kier alpha value is -7.14. The third kappa shape index (κ3) is 9.73. The minimum atomic E-state index is -2.77. The summed E-state index contributed by atoms with van der Waals surface area (Å²) in [5.41, 5.74) is 1.13. The zero-order chi connectivity index (χ0) is 42.7. The monoisotopic (exact) mass is 922 g/mol. The number of aliphatic imine (C=N–C) groups is 2. The molecule has 0 unspecified atom stereocenters. The van der Waals surface area contributed by atoms with Crippen molar-refractivity contribution in [1.82, 2.24) is 0 Å². The zero-order valence-corrected chi connectivity index (χ0v) is 37.8. The number of nitrogens with zero attached hydrogens (tertiary/aromatic N) is 4. The molecular weight excluding hydrogens is 878 g/mol. The van der Waals surface area contributed by atoms with E-state index in [1.165, 1.54) is 34.8 Å². The van der Waals surface area contributed by atoms with Crippen molar-refractivity contribution in [1.29, 1.82) is 0 Å². The van der Waals surface area contributed by atoms with Crippen LogP contribution < -0.4 is 34.8 Å². The van der Waals surface area contributed by atoms with Crippen molar-refractivity contribution >= 4 is 85.3 Å². The van der Waals surface area contributed by atoms with Crippen molar-refractivity contribution in [2.75, 3.05) is 0 Å². The van der Waals surface area contributed by atoms with Crippen LogP contribution in [-0.2, 0) is 0 Å². The molecule has 0 saturated carbocycles. The molecule has 0 saturated heterocycles. The summed E-state index contributed by atoms with van der Waals surface area (Å²) in [6.07, 6.45) is 0. The van der Waals surface area contributed by atoms with Crippen LogP contribution in [0.15, 0.2) is 277 Å². The molecule has 9 rings (SSSR count). The molecule has 0 aliphatic rings. The molecule has 0 aliphatic carbocycles. The second kappa shape index (κ2) is 21.9. The van der Waals surface area contributed by atoms with E-state index in [2.05, 4.69) is 253 Å². The fourth-order valence-electron chi connectivity index (χ4n) is 7.72. The van der Waals surface area contributed by atoms with Crippen molar-refractivity contribution < 1.29 is 0 Å². The van der Waals surface area contributed by atoms with Crippen molar-refractivity contribution in [3.05, 3.63) is 278 Å². The first kappa shape index (κ1) is 43.0. The van der Waals surface area contributed by atoms with Gasteiger partial charge in [-0.25, -0.2) is 0 Å². The van der Waals surface area contributed by atoms with Crippen molar-refractivity contribution in [3.63, 3.8) is 0 Å². The second-order valence-corrected chi connectivity index (χ2v) is 28.3. The minimum absolute atomic E-state index is 0.564. The van der Waals surface area contributed by atoms with Gasteiger partial charge in [-0.15, -0.1) is 0 Å². The molecule has 0 aliphatic heterocycles. The summed E-state index contributed by atoms with van der Waals surface area (Å²) in [5.74, 6) is 0. The summed E-state index contributed by atoms with van der Waals surface area (Å²) < 4.78 is 11.6. The molecule has 0 spiro atoms. The van der Waals surface area contributed by atoms with Crippen molar-refractivity contribution in [3.8, 4) is 0 Å². The van der Waals surface area contributed by atoms with E-state index in [4.69, 9.17) is 10.8 Å². The topological polar surface area (TPSA) is 69.3 Å². The summed E-state index contributed by atoms with van der Waals surface area (Å²) in [6.45, 7) is 0. The summed E-state index contributed by atoms with van der Waals surface area (Å²) >= 11 is -5.54. The average molecular weight is 923 g/mol.